The van der Waals surface area contributed by atoms with E-state index in [1.54, 1.807) is 6.92 Å². The van der Waals surface area contributed by atoms with Gasteiger partial charge in [0.15, 0.2) is 0 Å². The quantitative estimate of drug-likeness (QED) is 0.160. The molecule has 0 aliphatic carbocycles. The number of hydrogen-bond donors (Lipinski definition) is 7. The molecule has 0 rings (SSSR count). The maximum absolute atomic E-state index is 12.5. The lowest BCUT2D eigenvalue weighted by Gasteiger charge is -2.26. The monoisotopic (exact) mass is 431 g/mol. The Labute approximate surface area is 177 Å². The predicted octanol–water partition coefficient (Wildman–Crippen LogP) is -1.57. The summed E-state index contributed by atoms with van der Waals surface area (Å²) in [5.41, 5.74) is 11.2. The van der Waals surface area contributed by atoms with E-state index in [1.165, 1.54) is 13.8 Å². The third-order valence-electron chi connectivity index (χ3n) is 4.94. The van der Waals surface area contributed by atoms with Crippen LogP contribution in [0.1, 0.15) is 53.4 Å². The summed E-state index contributed by atoms with van der Waals surface area (Å²) in [6.45, 7) is 6.78. The number of hydrogen-bond acceptors (Lipinski definition) is 7. The Morgan fingerprint density at radius 1 is 0.933 bits per heavy atom. The Morgan fingerprint density at radius 3 is 2.00 bits per heavy atom. The van der Waals surface area contributed by atoms with Gasteiger partial charge in [-0.3, -0.25) is 14.4 Å². The Balaban J connectivity index is 4.96. The zero-order chi connectivity index (χ0) is 23.4. The molecule has 0 aliphatic rings. The molecule has 0 saturated carbocycles. The fourth-order valence-electron chi connectivity index (χ4n) is 2.58. The van der Waals surface area contributed by atoms with Crippen molar-refractivity contribution >= 4 is 23.7 Å². The predicted molar refractivity (Wildman–Crippen MR) is 111 cm³/mol. The average Bonchev–Trinajstić information content (AvgIpc) is 2.68. The van der Waals surface area contributed by atoms with Crippen LogP contribution in [-0.4, -0.2) is 70.7 Å². The van der Waals surface area contributed by atoms with Crippen LogP contribution < -0.4 is 27.4 Å². The van der Waals surface area contributed by atoms with Crippen LogP contribution in [0.15, 0.2) is 0 Å². The molecule has 3 amide bonds. The summed E-state index contributed by atoms with van der Waals surface area (Å²) in [6, 6.07) is -4.36. The van der Waals surface area contributed by atoms with Gasteiger partial charge in [0.2, 0.25) is 17.7 Å². The number of rotatable bonds is 14. The standard InChI is InChI=1S/C19H37N5O6/c1-5-10(2)14(21)17(27)24-15(12(4)25)18(28)22-11(3)16(26)23-13(19(29)30)8-6-7-9-20/h10-15,25H,5-9,20-21H2,1-4H3,(H,22,28)(H,23,26)(H,24,27)(H,29,30). The number of carbonyl (C=O) groups excluding carboxylic acids is 3. The highest BCUT2D eigenvalue weighted by Crippen LogP contribution is 2.06. The van der Waals surface area contributed by atoms with Gasteiger partial charge in [-0.05, 0) is 45.6 Å². The lowest BCUT2D eigenvalue weighted by atomic mass is 9.98. The van der Waals surface area contributed by atoms with Gasteiger partial charge in [-0.1, -0.05) is 20.3 Å². The Hall–Kier alpha value is -2.24. The lowest BCUT2D eigenvalue weighted by Crippen LogP contribution is -2.59. The normalized spacial score (nSPS) is 17.0. The van der Waals surface area contributed by atoms with E-state index < -0.39 is 54.0 Å². The molecule has 11 heteroatoms. The van der Waals surface area contributed by atoms with E-state index in [0.29, 0.717) is 25.8 Å². The molecule has 6 unspecified atom stereocenters. The van der Waals surface area contributed by atoms with Crippen molar-refractivity contribution in [2.45, 2.75) is 83.6 Å². The summed E-state index contributed by atoms with van der Waals surface area (Å²) < 4.78 is 0. The lowest BCUT2D eigenvalue weighted by molar-refractivity contribution is -0.142. The Morgan fingerprint density at radius 2 is 1.53 bits per heavy atom. The van der Waals surface area contributed by atoms with Gasteiger partial charge in [0.25, 0.3) is 0 Å². The van der Waals surface area contributed by atoms with Crippen molar-refractivity contribution in [1.82, 2.24) is 16.0 Å². The van der Waals surface area contributed by atoms with Gasteiger partial charge in [0.1, 0.15) is 18.1 Å². The van der Waals surface area contributed by atoms with Gasteiger partial charge in [0.05, 0.1) is 12.1 Å². The number of amides is 3. The number of aliphatic hydroxyl groups is 1. The third-order valence-corrected chi connectivity index (χ3v) is 4.94. The Kier molecular flexibility index (Phi) is 12.8. The number of carboxylic acids is 1. The van der Waals surface area contributed by atoms with Crippen LogP contribution in [0.2, 0.25) is 0 Å². The molecule has 0 heterocycles. The van der Waals surface area contributed by atoms with Crippen LogP contribution in [0.25, 0.3) is 0 Å². The topological polar surface area (TPSA) is 197 Å². The van der Waals surface area contributed by atoms with Crippen molar-refractivity contribution in [3.8, 4) is 0 Å². The number of nitrogens with one attached hydrogen (secondary N) is 3. The second kappa shape index (κ2) is 13.9. The molecular formula is C19H37N5O6. The van der Waals surface area contributed by atoms with E-state index in [2.05, 4.69) is 16.0 Å². The van der Waals surface area contributed by atoms with Crippen LogP contribution in [0.3, 0.4) is 0 Å². The molecule has 0 aromatic carbocycles. The molecule has 6 atom stereocenters. The number of aliphatic hydroxyl groups excluding tert-OH is 1. The maximum Gasteiger partial charge on any atom is 0.326 e. The van der Waals surface area contributed by atoms with E-state index in [1.807, 2.05) is 6.92 Å². The van der Waals surface area contributed by atoms with E-state index in [4.69, 9.17) is 11.5 Å². The second-order valence-corrected chi connectivity index (χ2v) is 7.55. The molecule has 30 heavy (non-hydrogen) atoms. The molecule has 0 aromatic heterocycles. The zero-order valence-electron chi connectivity index (χ0n) is 18.2. The molecular weight excluding hydrogens is 394 g/mol. The van der Waals surface area contributed by atoms with Gasteiger partial charge >= 0.3 is 5.97 Å². The fraction of sp³-hybridized carbons (Fsp3) is 0.789. The molecule has 0 spiro atoms. The van der Waals surface area contributed by atoms with Crippen LogP contribution in [0, 0.1) is 5.92 Å². The summed E-state index contributed by atoms with van der Waals surface area (Å²) >= 11 is 0. The number of carbonyl (C=O) groups is 4. The second-order valence-electron chi connectivity index (χ2n) is 7.55. The van der Waals surface area contributed by atoms with Crippen molar-refractivity contribution < 1.29 is 29.4 Å². The highest BCUT2D eigenvalue weighted by atomic mass is 16.4. The largest absolute Gasteiger partial charge is 0.480 e. The van der Waals surface area contributed by atoms with Crippen molar-refractivity contribution in [2.75, 3.05) is 6.54 Å². The molecule has 0 aromatic rings. The summed E-state index contributed by atoms with van der Waals surface area (Å²) in [5.74, 6) is -3.39. The smallest absolute Gasteiger partial charge is 0.326 e. The first-order chi connectivity index (χ1) is 14.0. The van der Waals surface area contributed by atoms with Gasteiger partial charge in [-0.25, -0.2) is 4.79 Å². The first-order valence-corrected chi connectivity index (χ1v) is 10.2. The fourth-order valence-corrected chi connectivity index (χ4v) is 2.58. The molecule has 0 radical (unpaired) electrons. The minimum absolute atomic E-state index is 0.125. The summed E-state index contributed by atoms with van der Waals surface area (Å²) in [5, 5.41) is 26.3. The molecule has 174 valence electrons. The highest BCUT2D eigenvalue weighted by molar-refractivity contribution is 5.94. The number of nitrogens with two attached hydrogens (primary N) is 2. The number of unbranched alkanes of at least 4 members (excludes halogenated alkanes) is 1. The summed E-state index contributed by atoms with van der Waals surface area (Å²) in [4.78, 5) is 48.3. The molecule has 0 saturated heterocycles. The molecule has 9 N–H and O–H groups in total. The summed E-state index contributed by atoms with van der Waals surface area (Å²) in [6.07, 6.45) is 0.782. The van der Waals surface area contributed by atoms with Gasteiger partial charge in [0, 0.05) is 0 Å². The average molecular weight is 432 g/mol. The van der Waals surface area contributed by atoms with Gasteiger partial charge in [-0.15, -0.1) is 0 Å². The van der Waals surface area contributed by atoms with Crippen LogP contribution in [-0.2, 0) is 19.2 Å². The van der Waals surface area contributed by atoms with Crippen LogP contribution in [0.5, 0.6) is 0 Å². The van der Waals surface area contributed by atoms with Crippen LogP contribution in [0.4, 0.5) is 0 Å². The molecule has 0 fully saturated rings. The number of aliphatic carboxylic acids is 1. The van der Waals surface area contributed by atoms with E-state index in [0.717, 1.165) is 0 Å². The first kappa shape index (κ1) is 27.8. The SMILES string of the molecule is CCC(C)C(N)C(=O)NC(C(=O)NC(C)C(=O)NC(CCCCN)C(=O)O)C(C)O. The van der Waals surface area contributed by atoms with Crippen LogP contribution >= 0.6 is 0 Å². The highest BCUT2D eigenvalue weighted by Gasteiger charge is 2.31. The van der Waals surface area contributed by atoms with Crippen molar-refractivity contribution in [2.24, 2.45) is 17.4 Å². The van der Waals surface area contributed by atoms with Crippen molar-refractivity contribution in [3.63, 3.8) is 0 Å². The van der Waals surface area contributed by atoms with E-state index in [9.17, 15) is 29.4 Å². The van der Waals surface area contributed by atoms with E-state index in [-0.39, 0.29) is 12.3 Å². The molecule has 0 bridgehead atoms. The van der Waals surface area contributed by atoms with Crippen molar-refractivity contribution in [3.05, 3.63) is 0 Å². The molecule has 11 nitrogen and oxygen atoms in total. The minimum Gasteiger partial charge on any atom is -0.480 e. The minimum atomic E-state index is -1.32. The zero-order valence-corrected chi connectivity index (χ0v) is 18.2. The first-order valence-electron chi connectivity index (χ1n) is 10.2. The summed E-state index contributed by atoms with van der Waals surface area (Å²) in [7, 11) is 0. The Bertz CT molecular complexity index is 586. The van der Waals surface area contributed by atoms with E-state index >= 15 is 0 Å². The van der Waals surface area contributed by atoms with Gasteiger partial charge < -0.3 is 37.6 Å². The maximum atomic E-state index is 12.5. The number of carboxylic acid groups (broad SMARTS) is 1. The van der Waals surface area contributed by atoms with Crippen molar-refractivity contribution in [1.29, 1.82) is 0 Å². The molecule has 0 aliphatic heterocycles. The third kappa shape index (κ3) is 9.51. The van der Waals surface area contributed by atoms with Gasteiger partial charge in [-0.2, -0.15) is 0 Å².